The van der Waals surface area contributed by atoms with Gasteiger partial charge in [0, 0.05) is 30.2 Å². The van der Waals surface area contributed by atoms with Gasteiger partial charge in [0.1, 0.15) is 5.82 Å². The highest BCUT2D eigenvalue weighted by molar-refractivity contribution is 5.84. The maximum atomic E-state index is 13.5. The lowest BCUT2D eigenvalue weighted by atomic mass is 10.1. The van der Waals surface area contributed by atoms with Crippen molar-refractivity contribution in [1.29, 1.82) is 0 Å². The summed E-state index contributed by atoms with van der Waals surface area (Å²) in [5.41, 5.74) is 13.9. The standard InChI is InChI=1S/C12H16FN3/c1-7-9(13)4-3-8-5-11(10(15)6-14)16(2)12(7)8/h3-5,10H,6,14-15H2,1-2H3. The second-order valence-corrected chi connectivity index (χ2v) is 4.08. The molecule has 4 heteroatoms. The van der Waals surface area contributed by atoms with Crippen LogP contribution in [0.2, 0.25) is 0 Å². The lowest BCUT2D eigenvalue weighted by molar-refractivity contribution is 0.618. The lowest BCUT2D eigenvalue weighted by Gasteiger charge is -2.11. The van der Waals surface area contributed by atoms with E-state index in [1.165, 1.54) is 6.07 Å². The van der Waals surface area contributed by atoms with Crippen LogP contribution in [-0.2, 0) is 7.05 Å². The highest BCUT2D eigenvalue weighted by atomic mass is 19.1. The molecule has 16 heavy (non-hydrogen) atoms. The summed E-state index contributed by atoms with van der Waals surface area (Å²) < 4.78 is 15.4. The van der Waals surface area contributed by atoms with E-state index in [0.717, 1.165) is 16.6 Å². The maximum absolute atomic E-state index is 13.5. The molecule has 0 amide bonds. The van der Waals surface area contributed by atoms with Crippen LogP contribution in [0.15, 0.2) is 18.2 Å². The van der Waals surface area contributed by atoms with Crippen molar-refractivity contribution in [2.45, 2.75) is 13.0 Å². The fourth-order valence-electron chi connectivity index (χ4n) is 2.12. The van der Waals surface area contributed by atoms with Gasteiger partial charge in [0.05, 0.1) is 11.6 Å². The van der Waals surface area contributed by atoms with Gasteiger partial charge in [-0.1, -0.05) is 0 Å². The van der Waals surface area contributed by atoms with Gasteiger partial charge in [0.25, 0.3) is 0 Å². The van der Waals surface area contributed by atoms with E-state index < -0.39 is 0 Å². The molecule has 0 aliphatic rings. The molecule has 2 rings (SSSR count). The zero-order valence-electron chi connectivity index (χ0n) is 9.50. The highest BCUT2D eigenvalue weighted by Gasteiger charge is 2.14. The SMILES string of the molecule is Cc1c(F)ccc2cc(C(N)CN)n(C)c12. The van der Waals surface area contributed by atoms with Gasteiger partial charge >= 0.3 is 0 Å². The Morgan fingerprint density at radius 1 is 1.44 bits per heavy atom. The largest absolute Gasteiger partial charge is 0.346 e. The van der Waals surface area contributed by atoms with E-state index in [9.17, 15) is 4.39 Å². The smallest absolute Gasteiger partial charge is 0.128 e. The average Bonchev–Trinajstić information content (AvgIpc) is 2.61. The molecule has 0 spiro atoms. The molecule has 1 aromatic heterocycles. The molecule has 1 aromatic carbocycles. The van der Waals surface area contributed by atoms with Gasteiger partial charge in [-0.05, 0) is 25.1 Å². The van der Waals surface area contributed by atoms with Crippen molar-refractivity contribution >= 4 is 10.9 Å². The minimum absolute atomic E-state index is 0.193. The Labute approximate surface area is 93.8 Å². The van der Waals surface area contributed by atoms with E-state index in [-0.39, 0.29) is 11.9 Å². The topological polar surface area (TPSA) is 57.0 Å². The van der Waals surface area contributed by atoms with Gasteiger partial charge in [0.2, 0.25) is 0 Å². The van der Waals surface area contributed by atoms with E-state index in [2.05, 4.69) is 0 Å². The molecule has 1 unspecified atom stereocenters. The second kappa shape index (κ2) is 3.88. The molecule has 0 saturated carbocycles. The summed E-state index contributed by atoms with van der Waals surface area (Å²) in [6.07, 6.45) is 0. The maximum Gasteiger partial charge on any atom is 0.128 e. The number of nitrogens with zero attached hydrogens (tertiary/aromatic N) is 1. The van der Waals surface area contributed by atoms with E-state index in [0.29, 0.717) is 12.1 Å². The number of hydrogen-bond donors (Lipinski definition) is 2. The van der Waals surface area contributed by atoms with E-state index in [1.807, 2.05) is 17.7 Å². The predicted octanol–water partition coefficient (Wildman–Crippen LogP) is 1.58. The molecule has 4 N–H and O–H groups in total. The molecule has 86 valence electrons. The Bertz CT molecular complexity index is 531. The summed E-state index contributed by atoms with van der Waals surface area (Å²) in [6, 6.07) is 5.01. The van der Waals surface area contributed by atoms with Crippen LogP contribution in [0, 0.1) is 12.7 Å². The fourth-order valence-corrected chi connectivity index (χ4v) is 2.12. The lowest BCUT2D eigenvalue weighted by Crippen LogP contribution is -2.22. The van der Waals surface area contributed by atoms with Gasteiger partial charge in [-0.25, -0.2) is 4.39 Å². The van der Waals surface area contributed by atoms with Crippen LogP contribution in [0.3, 0.4) is 0 Å². The number of benzene rings is 1. The van der Waals surface area contributed by atoms with E-state index in [1.54, 1.807) is 13.0 Å². The van der Waals surface area contributed by atoms with Crippen LogP contribution in [0.25, 0.3) is 10.9 Å². The molecule has 0 fully saturated rings. The van der Waals surface area contributed by atoms with Crippen molar-refractivity contribution in [2.75, 3.05) is 6.54 Å². The van der Waals surface area contributed by atoms with Crippen molar-refractivity contribution < 1.29 is 4.39 Å². The molecule has 0 aliphatic carbocycles. The molecular formula is C12H16FN3. The molecule has 0 aliphatic heterocycles. The van der Waals surface area contributed by atoms with Crippen LogP contribution in [0.5, 0.6) is 0 Å². The summed E-state index contributed by atoms with van der Waals surface area (Å²) in [5, 5.41) is 1.00. The third kappa shape index (κ3) is 1.50. The monoisotopic (exact) mass is 221 g/mol. The number of nitrogens with two attached hydrogens (primary N) is 2. The summed E-state index contributed by atoms with van der Waals surface area (Å²) in [6.45, 7) is 2.15. The number of fused-ring (bicyclic) bond motifs is 1. The number of aromatic nitrogens is 1. The number of halogens is 1. The predicted molar refractivity (Wildman–Crippen MR) is 63.6 cm³/mol. The summed E-state index contributed by atoms with van der Waals surface area (Å²) >= 11 is 0. The molecular weight excluding hydrogens is 205 g/mol. The highest BCUT2D eigenvalue weighted by Crippen LogP contribution is 2.26. The van der Waals surface area contributed by atoms with Crippen LogP contribution in [0.1, 0.15) is 17.3 Å². The molecule has 1 atom stereocenters. The molecule has 2 aromatic rings. The first-order valence-corrected chi connectivity index (χ1v) is 5.26. The first-order chi connectivity index (χ1) is 7.56. The second-order valence-electron chi connectivity index (χ2n) is 4.08. The Morgan fingerprint density at radius 2 is 2.12 bits per heavy atom. The van der Waals surface area contributed by atoms with Gasteiger partial charge in [-0.15, -0.1) is 0 Å². The van der Waals surface area contributed by atoms with Crippen molar-refractivity contribution in [3.63, 3.8) is 0 Å². The van der Waals surface area contributed by atoms with Crippen molar-refractivity contribution in [3.8, 4) is 0 Å². The zero-order chi connectivity index (χ0) is 11.9. The fraction of sp³-hybridized carbons (Fsp3) is 0.333. The Balaban J connectivity index is 2.74. The number of hydrogen-bond acceptors (Lipinski definition) is 2. The normalized spacial score (nSPS) is 13.3. The van der Waals surface area contributed by atoms with Gasteiger partial charge in [-0.3, -0.25) is 0 Å². The molecule has 3 nitrogen and oxygen atoms in total. The van der Waals surface area contributed by atoms with E-state index >= 15 is 0 Å². The van der Waals surface area contributed by atoms with Crippen molar-refractivity contribution in [3.05, 3.63) is 35.3 Å². The first-order valence-electron chi connectivity index (χ1n) is 5.26. The van der Waals surface area contributed by atoms with Crippen LogP contribution in [-0.4, -0.2) is 11.1 Å². The summed E-state index contributed by atoms with van der Waals surface area (Å²) in [4.78, 5) is 0. The van der Waals surface area contributed by atoms with Gasteiger partial charge in [0.15, 0.2) is 0 Å². The third-order valence-electron chi connectivity index (χ3n) is 3.06. The Morgan fingerprint density at radius 3 is 2.75 bits per heavy atom. The summed E-state index contributed by atoms with van der Waals surface area (Å²) in [7, 11) is 1.89. The average molecular weight is 221 g/mol. The van der Waals surface area contributed by atoms with Crippen molar-refractivity contribution in [1.82, 2.24) is 4.57 Å². The quantitative estimate of drug-likeness (QED) is 0.809. The Kier molecular flexibility index (Phi) is 2.69. The van der Waals surface area contributed by atoms with E-state index in [4.69, 9.17) is 11.5 Å². The zero-order valence-corrected chi connectivity index (χ0v) is 9.50. The van der Waals surface area contributed by atoms with Crippen molar-refractivity contribution in [2.24, 2.45) is 18.5 Å². The molecule has 0 saturated heterocycles. The Hall–Kier alpha value is -1.39. The molecule has 1 heterocycles. The minimum atomic E-state index is -0.208. The third-order valence-corrected chi connectivity index (χ3v) is 3.06. The van der Waals surface area contributed by atoms with Gasteiger partial charge < -0.3 is 16.0 Å². The van der Waals surface area contributed by atoms with Gasteiger partial charge in [-0.2, -0.15) is 0 Å². The minimum Gasteiger partial charge on any atom is -0.346 e. The molecule has 0 bridgehead atoms. The molecule has 0 radical (unpaired) electrons. The first kappa shape index (κ1) is 11.1. The number of rotatable bonds is 2. The number of aryl methyl sites for hydroxylation is 2. The van der Waals surface area contributed by atoms with Crippen LogP contribution >= 0.6 is 0 Å². The summed E-state index contributed by atoms with van der Waals surface area (Å²) in [5.74, 6) is -0.193. The van der Waals surface area contributed by atoms with Crippen LogP contribution in [0.4, 0.5) is 4.39 Å². The van der Waals surface area contributed by atoms with Crippen LogP contribution < -0.4 is 11.5 Å².